The molecule has 2 rings (SSSR count). The number of benzene rings is 1. The highest BCUT2D eigenvalue weighted by atomic mass is 19.4. The monoisotopic (exact) mass is 302 g/mol. The molecule has 2 nitrogen and oxygen atoms in total. The van der Waals surface area contributed by atoms with E-state index in [9.17, 15) is 18.3 Å². The van der Waals surface area contributed by atoms with Gasteiger partial charge in [-0.3, -0.25) is 0 Å². The second-order valence-electron chi connectivity index (χ2n) is 6.93. The number of ether oxygens (including phenoxy) is 1. The summed E-state index contributed by atoms with van der Waals surface area (Å²) in [6.45, 7) is 6.07. The van der Waals surface area contributed by atoms with Crippen molar-refractivity contribution in [3.63, 3.8) is 0 Å². The van der Waals surface area contributed by atoms with Gasteiger partial charge in [-0.25, -0.2) is 0 Å². The molecule has 0 aromatic heterocycles. The molecule has 0 aliphatic heterocycles. The number of para-hydroxylation sites is 1. The highest BCUT2D eigenvalue weighted by molar-refractivity contribution is 5.38. The number of rotatable bonds is 2. The maximum absolute atomic E-state index is 12.5. The molecule has 0 radical (unpaired) electrons. The van der Waals surface area contributed by atoms with Gasteiger partial charge in [0, 0.05) is 5.56 Å². The van der Waals surface area contributed by atoms with Crippen molar-refractivity contribution >= 4 is 0 Å². The molecule has 0 saturated heterocycles. The summed E-state index contributed by atoms with van der Waals surface area (Å²) in [7, 11) is 0. The number of halogens is 3. The largest absolute Gasteiger partial charge is 0.573 e. The second kappa shape index (κ2) is 5.20. The summed E-state index contributed by atoms with van der Waals surface area (Å²) < 4.78 is 41.7. The van der Waals surface area contributed by atoms with Crippen LogP contribution < -0.4 is 4.74 Å². The van der Waals surface area contributed by atoms with Gasteiger partial charge in [-0.05, 0) is 36.7 Å². The van der Waals surface area contributed by atoms with Gasteiger partial charge in [0.05, 0.1) is 5.60 Å². The number of hydrogen-bond donors (Lipinski definition) is 1. The molecule has 1 aromatic carbocycles. The third-order valence-corrected chi connectivity index (χ3v) is 3.97. The Hall–Kier alpha value is -1.23. The first-order chi connectivity index (χ1) is 9.51. The van der Waals surface area contributed by atoms with Gasteiger partial charge in [0.15, 0.2) is 0 Å². The van der Waals surface area contributed by atoms with Crippen molar-refractivity contribution in [1.29, 1.82) is 0 Å². The zero-order valence-corrected chi connectivity index (χ0v) is 12.5. The van der Waals surface area contributed by atoms with Gasteiger partial charge >= 0.3 is 6.36 Å². The van der Waals surface area contributed by atoms with Crippen molar-refractivity contribution in [2.75, 3.05) is 0 Å². The predicted molar refractivity (Wildman–Crippen MR) is 73.8 cm³/mol. The minimum atomic E-state index is -4.76. The van der Waals surface area contributed by atoms with Gasteiger partial charge in [-0.15, -0.1) is 13.2 Å². The lowest BCUT2D eigenvalue weighted by Gasteiger charge is -2.45. The fourth-order valence-electron chi connectivity index (χ4n) is 3.80. The van der Waals surface area contributed by atoms with Crippen molar-refractivity contribution < 1.29 is 23.0 Å². The van der Waals surface area contributed by atoms with Crippen LogP contribution in [-0.2, 0) is 5.60 Å². The molecule has 1 aliphatic rings. The van der Waals surface area contributed by atoms with E-state index in [4.69, 9.17) is 0 Å². The Kier molecular flexibility index (Phi) is 4.00. The topological polar surface area (TPSA) is 29.5 Å². The first-order valence-corrected chi connectivity index (χ1v) is 7.08. The smallest absolute Gasteiger partial charge is 0.405 e. The zero-order valence-electron chi connectivity index (χ0n) is 12.5. The first-order valence-electron chi connectivity index (χ1n) is 7.08. The highest BCUT2D eigenvalue weighted by Crippen LogP contribution is 2.50. The van der Waals surface area contributed by atoms with E-state index >= 15 is 0 Å². The Morgan fingerprint density at radius 1 is 1.19 bits per heavy atom. The van der Waals surface area contributed by atoms with Crippen LogP contribution in [0.2, 0.25) is 0 Å². The van der Waals surface area contributed by atoms with Crippen LogP contribution in [0.1, 0.15) is 45.6 Å². The maximum atomic E-state index is 12.5. The summed E-state index contributed by atoms with van der Waals surface area (Å²) in [6.07, 6.45) is -2.96. The summed E-state index contributed by atoms with van der Waals surface area (Å²) in [6, 6.07) is 5.89. The Morgan fingerprint density at radius 3 is 2.38 bits per heavy atom. The average Bonchev–Trinajstić information content (AvgIpc) is 2.23. The van der Waals surface area contributed by atoms with Crippen molar-refractivity contribution in [2.24, 2.45) is 11.3 Å². The van der Waals surface area contributed by atoms with Crippen molar-refractivity contribution in [3.05, 3.63) is 29.8 Å². The molecule has 118 valence electrons. The minimum Gasteiger partial charge on any atom is -0.405 e. The lowest BCUT2D eigenvalue weighted by Crippen LogP contribution is -2.40. The molecule has 0 spiro atoms. The van der Waals surface area contributed by atoms with Gasteiger partial charge in [0.1, 0.15) is 5.75 Å². The van der Waals surface area contributed by atoms with E-state index < -0.39 is 12.0 Å². The summed E-state index contributed by atoms with van der Waals surface area (Å²) in [5.41, 5.74) is -1.19. The summed E-state index contributed by atoms with van der Waals surface area (Å²) in [4.78, 5) is 0. The van der Waals surface area contributed by atoms with Crippen LogP contribution in [-0.4, -0.2) is 11.5 Å². The number of hydrogen-bond acceptors (Lipinski definition) is 2. The van der Waals surface area contributed by atoms with Gasteiger partial charge < -0.3 is 9.84 Å². The Labute approximate surface area is 122 Å². The molecule has 1 saturated carbocycles. The van der Waals surface area contributed by atoms with Crippen molar-refractivity contribution in [1.82, 2.24) is 0 Å². The van der Waals surface area contributed by atoms with Crippen LogP contribution >= 0.6 is 0 Å². The van der Waals surface area contributed by atoms with Crippen molar-refractivity contribution in [3.8, 4) is 5.75 Å². The van der Waals surface area contributed by atoms with E-state index in [2.05, 4.69) is 4.74 Å². The fraction of sp³-hybridized carbons (Fsp3) is 0.625. The highest BCUT2D eigenvalue weighted by Gasteiger charge is 2.45. The van der Waals surface area contributed by atoms with E-state index in [-0.39, 0.29) is 22.6 Å². The molecule has 21 heavy (non-hydrogen) atoms. The molecule has 0 amide bonds. The number of alkyl halides is 3. The molecule has 2 atom stereocenters. The molecule has 1 N–H and O–H groups in total. The molecular formula is C16H21F3O2. The Morgan fingerprint density at radius 2 is 1.81 bits per heavy atom. The third-order valence-electron chi connectivity index (χ3n) is 3.97. The van der Waals surface area contributed by atoms with Crippen LogP contribution in [0.4, 0.5) is 13.2 Å². The molecule has 0 heterocycles. The van der Waals surface area contributed by atoms with E-state index in [1.54, 1.807) is 6.07 Å². The lowest BCUT2D eigenvalue weighted by molar-refractivity contribution is -0.275. The first kappa shape index (κ1) is 16.1. The summed E-state index contributed by atoms with van der Waals surface area (Å²) >= 11 is 0. The third kappa shape index (κ3) is 3.90. The zero-order chi connectivity index (χ0) is 15.9. The predicted octanol–water partition coefficient (Wildman–Crippen LogP) is 4.62. The van der Waals surface area contributed by atoms with Crippen LogP contribution in [0.25, 0.3) is 0 Å². The molecule has 0 bridgehead atoms. The van der Waals surface area contributed by atoms with E-state index in [0.717, 1.165) is 6.42 Å². The molecule has 1 fully saturated rings. The quantitative estimate of drug-likeness (QED) is 0.864. The molecule has 1 aromatic rings. The van der Waals surface area contributed by atoms with Gasteiger partial charge in [0.25, 0.3) is 0 Å². The average molecular weight is 302 g/mol. The van der Waals surface area contributed by atoms with Crippen LogP contribution in [0.3, 0.4) is 0 Å². The number of aliphatic hydroxyl groups is 1. The normalized spacial score (nSPS) is 29.2. The second-order valence-corrected chi connectivity index (χ2v) is 6.93. The standard InChI is InChI=1S/C16H21F3O2/c1-11-8-14(2,3)10-15(20,9-11)12-6-4-5-7-13(12)21-16(17,18)19/h4-7,11,20H,8-10H2,1-3H3. The van der Waals surface area contributed by atoms with Crippen molar-refractivity contribution in [2.45, 2.75) is 52.0 Å². The SMILES string of the molecule is CC1CC(C)(C)CC(O)(c2ccccc2OC(F)(F)F)C1. The van der Waals surface area contributed by atoms with E-state index in [1.807, 2.05) is 20.8 Å². The molecular weight excluding hydrogens is 281 g/mol. The summed E-state index contributed by atoms with van der Waals surface area (Å²) in [5.74, 6) is -0.0740. The molecule has 2 unspecified atom stereocenters. The Balaban J connectivity index is 2.40. The fourth-order valence-corrected chi connectivity index (χ4v) is 3.80. The molecule has 1 aliphatic carbocycles. The van der Waals surface area contributed by atoms with E-state index in [0.29, 0.717) is 12.8 Å². The van der Waals surface area contributed by atoms with Crippen LogP contribution in [0.15, 0.2) is 24.3 Å². The van der Waals surface area contributed by atoms with Gasteiger partial charge in [0.2, 0.25) is 0 Å². The maximum Gasteiger partial charge on any atom is 0.573 e. The lowest BCUT2D eigenvalue weighted by atomic mass is 9.64. The summed E-state index contributed by atoms with van der Waals surface area (Å²) in [5, 5.41) is 11.0. The van der Waals surface area contributed by atoms with Crippen LogP contribution in [0.5, 0.6) is 5.75 Å². The Bertz CT molecular complexity index is 510. The van der Waals surface area contributed by atoms with Gasteiger partial charge in [-0.2, -0.15) is 0 Å². The van der Waals surface area contributed by atoms with E-state index in [1.165, 1.54) is 18.2 Å². The van der Waals surface area contributed by atoms with Gasteiger partial charge in [-0.1, -0.05) is 39.0 Å². The molecule has 5 heteroatoms. The van der Waals surface area contributed by atoms with Crippen LogP contribution in [0, 0.1) is 11.3 Å². The minimum absolute atomic E-state index is 0.127.